The number of rotatable bonds is 3. The van der Waals surface area contributed by atoms with E-state index in [0.29, 0.717) is 23.6 Å². The second-order valence-corrected chi connectivity index (χ2v) is 3.13. The van der Waals surface area contributed by atoms with E-state index in [1.807, 2.05) is 0 Å². The molecule has 5 heteroatoms. The Morgan fingerprint density at radius 3 is 2.88 bits per heavy atom. The molecule has 2 aromatic rings. The monoisotopic (exact) mass is 214 g/mol. The Morgan fingerprint density at radius 1 is 1.38 bits per heavy atom. The van der Waals surface area contributed by atoms with Crippen molar-refractivity contribution in [3.05, 3.63) is 30.4 Å². The smallest absolute Gasteiger partial charge is 0.113 e. The van der Waals surface area contributed by atoms with E-state index < -0.39 is 0 Å². The molecule has 2 rings (SSSR count). The molecule has 0 fully saturated rings. The summed E-state index contributed by atoms with van der Waals surface area (Å²) >= 11 is 0. The number of hydrogen-bond acceptors (Lipinski definition) is 4. The molecule has 0 bridgehead atoms. The van der Waals surface area contributed by atoms with Gasteiger partial charge in [-0.2, -0.15) is 5.10 Å². The topological polar surface area (TPSA) is 63.8 Å². The van der Waals surface area contributed by atoms with Crippen LogP contribution in [0.4, 0.5) is 0 Å². The molecule has 0 spiro atoms. The van der Waals surface area contributed by atoms with E-state index in [1.54, 1.807) is 29.3 Å². The van der Waals surface area contributed by atoms with Crippen molar-refractivity contribution < 1.29 is 5.11 Å². The van der Waals surface area contributed by atoms with E-state index >= 15 is 0 Å². The lowest BCUT2D eigenvalue weighted by Crippen LogP contribution is -2.03. The van der Waals surface area contributed by atoms with Gasteiger partial charge in [0, 0.05) is 12.4 Å². The Hall–Kier alpha value is -2.19. The number of hydrogen-bond donors (Lipinski definition) is 1. The molecule has 2 aromatic heterocycles. The van der Waals surface area contributed by atoms with Crippen LogP contribution in [0.2, 0.25) is 0 Å². The average molecular weight is 214 g/mol. The van der Waals surface area contributed by atoms with Crippen LogP contribution in [0.25, 0.3) is 11.4 Å². The molecular formula is C11H10N4O. The normalized spacial score (nSPS) is 10.0. The minimum absolute atomic E-state index is 0.102. The summed E-state index contributed by atoms with van der Waals surface area (Å²) in [4.78, 5) is 8.08. The van der Waals surface area contributed by atoms with Crippen LogP contribution in [0.5, 0.6) is 0 Å². The minimum atomic E-state index is -0.102. The Kier molecular flexibility index (Phi) is 2.94. The molecule has 0 saturated carbocycles. The van der Waals surface area contributed by atoms with Crippen molar-refractivity contribution in [2.75, 3.05) is 0 Å². The maximum Gasteiger partial charge on any atom is 0.113 e. The van der Waals surface area contributed by atoms with Gasteiger partial charge < -0.3 is 5.11 Å². The highest BCUT2D eigenvalue weighted by molar-refractivity contribution is 5.52. The van der Waals surface area contributed by atoms with Gasteiger partial charge in [0.25, 0.3) is 0 Å². The summed E-state index contributed by atoms with van der Waals surface area (Å²) in [7, 11) is 0. The third-order valence-electron chi connectivity index (χ3n) is 2.09. The molecule has 1 N–H and O–H groups in total. The lowest BCUT2D eigenvalue weighted by atomic mass is 10.3. The van der Waals surface area contributed by atoms with Crippen molar-refractivity contribution in [1.82, 2.24) is 19.7 Å². The summed E-state index contributed by atoms with van der Waals surface area (Å²) in [5, 5.41) is 13.4. The molecule has 0 radical (unpaired) electrons. The van der Waals surface area contributed by atoms with Crippen LogP contribution in [-0.4, -0.2) is 24.9 Å². The molecule has 16 heavy (non-hydrogen) atoms. The van der Waals surface area contributed by atoms with Crippen LogP contribution in [-0.2, 0) is 13.2 Å². The number of aliphatic hydroxyl groups excluding tert-OH is 1. The molecule has 5 nitrogen and oxygen atoms in total. The molecular weight excluding hydrogens is 204 g/mol. The molecule has 0 saturated heterocycles. The number of aromatic nitrogens is 4. The highest BCUT2D eigenvalue weighted by Crippen LogP contribution is 2.15. The Morgan fingerprint density at radius 2 is 2.25 bits per heavy atom. The molecule has 0 atom stereocenters. The number of nitrogens with zero attached hydrogens (tertiary/aromatic N) is 4. The van der Waals surface area contributed by atoms with E-state index in [-0.39, 0.29) is 6.61 Å². The first kappa shape index (κ1) is 10.3. The van der Waals surface area contributed by atoms with Crippen molar-refractivity contribution in [1.29, 1.82) is 0 Å². The molecule has 0 aliphatic rings. The van der Waals surface area contributed by atoms with Crippen LogP contribution in [0.15, 0.2) is 24.7 Å². The lowest BCUT2D eigenvalue weighted by molar-refractivity contribution is 0.269. The third-order valence-corrected chi connectivity index (χ3v) is 2.09. The van der Waals surface area contributed by atoms with Crippen molar-refractivity contribution in [2.24, 2.45) is 0 Å². The summed E-state index contributed by atoms with van der Waals surface area (Å²) in [6, 6.07) is 1.75. The van der Waals surface area contributed by atoms with Crippen LogP contribution in [0, 0.1) is 12.3 Å². The predicted molar refractivity (Wildman–Crippen MR) is 58.0 cm³/mol. The first-order valence-electron chi connectivity index (χ1n) is 4.72. The molecule has 0 unspecified atom stereocenters. The molecule has 0 aliphatic heterocycles. The SMILES string of the molecule is C#CCn1nc(-c2cnccn2)cc1CO. The van der Waals surface area contributed by atoms with Gasteiger partial charge in [-0.25, -0.2) is 0 Å². The summed E-state index contributed by atoms with van der Waals surface area (Å²) in [6.07, 6.45) is 10.0. The zero-order valence-corrected chi connectivity index (χ0v) is 8.54. The van der Waals surface area contributed by atoms with E-state index in [9.17, 15) is 0 Å². The van der Waals surface area contributed by atoms with Crippen molar-refractivity contribution in [2.45, 2.75) is 13.2 Å². The Labute approximate surface area is 92.8 Å². The fraction of sp³-hybridized carbons (Fsp3) is 0.182. The van der Waals surface area contributed by atoms with Crippen LogP contribution >= 0.6 is 0 Å². The standard InChI is InChI=1S/C11H10N4O/c1-2-5-15-9(8-16)6-10(14-15)11-7-12-3-4-13-11/h1,3-4,6-7,16H,5,8H2. The fourth-order valence-corrected chi connectivity index (χ4v) is 1.36. The largest absolute Gasteiger partial charge is 0.390 e. The lowest BCUT2D eigenvalue weighted by Gasteiger charge is -1.98. The molecule has 0 aromatic carbocycles. The molecule has 0 aliphatic carbocycles. The van der Waals surface area contributed by atoms with Crippen LogP contribution in [0.1, 0.15) is 5.69 Å². The summed E-state index contributed by atoms with van der Waals surface area (Å²) in [5.74, 6) is 2.48. The highest BCUT2D eigenvalue weighted by atomic mass is 16.3. The zero-order valence-electron chi connectivity index (χ0n) is 8.54. The van der Waals surface area contributed by atoms with Gasteiger partial charge in [-0.05, 0) is 6.07 Å². The third kappa shape index (κ3) is 1.92. The second kappa shape index (κ2) is 4.55. The second-order valence-electron chi connectivity index (χ2n) is 3.13. The van der Waals surface area contributed by atoms with E-state index in [1.165, 1.54) is 0 Å². The first-order chi connectivity index (χ1) is 7.85. The zero-order chi connectivity index (χ0) is 11.4. The fourth-order valence-electron chi connectivity index (χ4n) is 1.36. The van der Waals surface area contributed by atoms with Gasteiger partial charge in [-0.3, -0.25) is 14.6 Å². The number of aliphatic hydroxyl groups is 1. The average Bonchev–Trinajstić information content (AvgIpc) is 2.74. The number of terminal acetylenes is 1. The van der Waals surface area contributed by atoms with Gasteiger partial charge in [0.2, 0.25) is 0 Å². The summed E-state index contributed by atoms with van der Waals surface area (Å²) in [5.41, 5.74) is 1.99. The van der Waals surface area contributed by atoms with E-state index in [2.05, 4.69) is 21.0 Å². The van der Waals surface area contributed by atoms with Crippen LogP contribution < -0.4 is 0 Å². The highest BCUT2D eigenvalue weighted by Gasteiger charge is 2.08. The summed E-state index contributed by atoms with van der Waals surface area (Å²) < 4.78 is 1.57. The summed E-state index contributed by atoms with van der Waals surface area (Å²) in [6.45, 7) is 0.227. The van der Waals surface area contributed by atoms with Gasteiger partial charge in [-0.15, -0.1) is 6.42 Å². The van der Waals surface area contributed by atoms with Gasteiger partial charge in [-0.1, -0.05) is 5.92 Å². The molecule has 80 valence electrons. The molecule has 2 heterocycles. The van der Waals surface area contributed by atoms with Gasteiger partial charge in [0.05, 0.1) is 18.5 Å². The van der Waals surface area contributed by atoms with Crippen molar-refractivity contribution >= 4 is 0 Å². The Balaban J connectivity index is 2.41. The molecule has 0 amide bonds. The maximum atomic E-state index is 9.14. The predicted octanol–water partition coefficient (Wildman–Crippen LogP) is 0.466. The van der Waals surface area contributed by atoms with Crippen molar-refractivity contribution in [3.8, 4) is 23.7 Å². The van der Waals surface area contributed by atoms with Gasteiger partial charge in [0.15, 0.2) is 0 Å². The Bertz CT molecular complexity index is 513. The van der Waals surface area contributed by atoms with E-state index in [4.69, 9.17) is 11.5 Å². The van der Waals surface area contributed by atoms with Gasteiger partial charge >= 0.3 is 0 Å². The minimum Gasteiger partial charge on any atom is -0.390 e. The van der Waals surface area contributed by atoms with Gasteiger partial charge in [0.1, 0.15) is 17.9 Å². The quantitative estimate of drug-likeness (QED) is 0.754. The maximum absolute atomic E-state index is 9.14. The van der Waals surface area contributed by atoms with E-state index in [0.717, 1.165) is 0 Å². The van der Waals surface area contributed by atoms with Crippen LogP contribution in [0.3, 0.4) is 0 Å². The van der Waals surface area contributed by atoms with Crippen molar-refractivity contribution in [3.63, 3.8) is 0 Å². The first-order valence-corrected chi connectivity index (χ1v) is 4.72.